The van der Waals surface area contributed by atoms with Crippen LogP contribution in [0.1, 0.15) is 34.6 Å². The molecule has 1 unspecified atom stereocenters. The molecule has 23 heavy (non-hydrogen) atoms. The van der Waals surface area contributed by atoms with Crippen LogP contribution < -0.4 is 0 Å². The van der Waals surface area contributed by atoms with Gasteiger partial charge in [-0.2, -0.15) is 8.42 Å². The Balaban J connectivity index is 3.24. The number of hydrogen-bond acceptors (Lipinski definition) is 6. The molecule has 0 saturated carbocycles. The molecule has 11 heteroatoms. The summed E-state index contributed by atoms with van der Waals surface area (Å²) in [5, 5.41) is -0.209. The number of alkyl halides is 3. The summed E-state index contributed by atoms with van der Waals surface area (Å²) >= 11 is 0. The summed E-state index contributed by atoms with van der Waals surface area (Å²) in [7, 11) is -5.67. The number of hydrogen-bond donors (Lipinski definition) is 0. The van der Waals surface area contributed by atoms with Gasteiger partial charge in [0.2, 0.25) is 0 Å². The number of allylic oxidation sites excluding steroid dienone is 1. The molecule has 0 bridgehead atoms. The molecular weight excluding hydrogens is 343 g/mol. The van der Waals surface area contributed by atoms with Crippen LogP contribution in [-0.4, -0.2) is 31.7 Å². The van der Waals surface area contributed by atoms with E-state index in [0.29, 0.717) is 5.57 Å². The minimum absolute atomic E-state index is 0.0234. The van der Waals surface area contributed by atoms with Gasteiger partial charge in [0.25, 0.3) is 11.8 Å². The van der Waals surface area contributed by atoms with Crippen LogP contribution in [-0.2, 0) is 28.5 Å². The number of halogens is 3. The SMILES string of the molecule is CC(C)=C1C(=O)N(OS(=O)(=O)OC(F)(F)F)C(=O)C1C(C)(C)C. The second-order valence-corrected chi connectivity index (χ2v) is 7.29. The molecule has 0 aliphatic carbocycles. The maximum absolute atomic E-state index is 12.3. The van der Waals surface area contributed by atoms with E-state index in [1.54, 1.807) is 20.8 Å². The lowest BCUT2D eigenvalue weighted by Gasteiger charge is -2.25. The Kier molecular flexibility index (Phi) is 5.00. The van der Waals surface area contributed by atoms with Gasteiger partial charge in [0.05, 0.1) is 5.92 Å². The lowest BCUT2D eigenvalue weighted by atomic mass is 9.76. The molecule has 0 spiro atoms. The standard InChI is InChI=1S/C12H16F3NO6S/c1-6(2)7-8(11(3,4)5)10(18)16(9(7)17)22-23(19,20)21-12(13,14)15/h8H,1-5H3. The minimum Gasteiger partial charge on any atom is -0.271 e. The molecule has 0 aromatic carbocycles. The van der Waals surface area contributed by atoms with E-state index in [-0.39, 0.29) is 10.6 Å². The van der Waals surface area contributed by atoms with Crippen LogP contribution in [0.3, 0.4) is 0 Å². The summed E-state index contributed by atoms with van der Waals surface area (Å²) in [6.07, 6.45) is -5.55. The van der Waals surface area contributed by atoms with Crippen molar-refractivity contribution < 1.29 is 39.6 Å². The number of carbonyl (C=O) groups excluding carboxylic acids is 2. The van der Waals surface area contributed by atoms with Crippen LogP contribution in [0.2, 0.25) is 0 Å². The van der Waals surface area contributed by atoms with Crippen molar-refractivity contribution in [2.75, 3.05) is 0 Å². The van der Waals surface area contributed by atoms with E-state index < -0.39 is 39.9 Å². The molecule has 0 radical (unpaired) electrons. The first kappa shape index (κ1) is 19.6. The van der Waals surface area contributed by atoms with E-state index in [4.69, 9.17) is 0 Å². The molecule has 1 atom stereocenters. The predicted octanol–water partition coefficient (Wildman–Crippen LogP) is 2.07. The molecule has 0 N–H and O–H groups in total. The van der Waals surface area contributed by atoms with Gasteiger partial charge in [0, 0.05) is 5.57 Å². The van der Waals surface area contributed by atoms with Crippen molar-refractivity contribution in [3.05, 3.63) is 11.1 Å². The summed E-state index contributed by atoms with van der Waals surface area (Å²) in [6.45, 7) is 7.90. The van der Waals surface area contributed by atoms with Crippen LogP contribution in [0.15, 0.2) is 11.1 Å². The van der Waals surface area contributed by atoms with Crippen molar-refractivity contribution in [3.63, 3.8) is 0 Å². The van der Waals surface area contributed by atoms with Crippen molar-refractivity contribution >= 4 is 22.2 Å². The first-order valence-corrected chi connectivity index (χ1v) is 7.68. The van der Waals surface area contributed by atoms with Crippen LogP contribution in [0.5, 0.6) is 0 Å². The summed E-state index contributed by atoms with van der Waals surface area (Å²) in [4.78, 5) is 24.4. The van der Waals surface area contributed by atoms with Crippen LogP contribution in [0.4, 0.5) is 13.2 Å². The normalized spacial score (nSPS) is 20.4. The topological polar surface area (TPSA) is 90.0 Å². The van der Waals surface area contributed by atoms with Crippen LogP contribution >= 0.6 is 0 Å². The fourth-order valence-corrected chi connectivity index (χ4v) is 2.76. The van der Waals surface area contributed by atoms with Gasteiger partial charge in [-0.1, -0.05) is 26.3 Å². The molecule has 0 aromatic heterocycles. The van der Waals surface area contributed by atoms with E-state index in [9.17, 15) is 31.2 Å². The summed E-state index contributed by atoms with van der Waals surface area (Å²) in [6, 6.07) is 0. The number of imide groups is 1. The van der Waals surface area contributed by atoms with E-state index in [0.717, 1.165) is 0 Å². The van der Waals surface area contributed by atoms with E-state index >= 15 is 0 Å². The summed E-state index contributed by atoms with van der Waals surface area (Å²) < 4.78 is 65.2. The van der Waals surface area contributed by atoms with Gasteiger partial charge >= 0.3 is 16.8 Å². The lowest BCUT2D eigenvalue weighted by Crippen LogP contribution is -2.37. The number of amides is 2. The average Bonchev–Trinajstić information content (AvgIpc) is 2.48. The van der Waals surface area contributed by atoms with Crippen molar-refractivity contribution in [2.24, 2.45) is 11.3 Å². The Bertz CT molecular complexity index is 655. The zero-order valence-electron chi connectivity index (χ0n) is 13.0. The lowest BCUT2D eigenvalue weighted by molar-refractivity contribution is -0.278. The Hall–Kier alpha value is -1.46. The van der Waals surface area contributed by atoms with Gasteiger partial charge in [0.15, 0.2) is 0 Å². The highest BCUT2D eigenvalue weighted by Crippen LogP contribution is 2.41. The average molecular weight is 359 g/mol. The molecule has 1 rings (SSSR count). The van der Waals surface area contributed by atoms with Gasteiger partial charge in [-0.05, 0) is 19.3 Å². The minimum atomic E-state index is -5.67. The molecule has 1 aliphatic rings. The number of nitrogens with zero attached hydrogens (tertiary/aromatic N) is 1. The fraction of sp³-hybridized carbons (Fsp3) is 0.667. The third kappa shape index (κ3) is 4.52. The number of hydroxylamine groups is 2. The highest BCUT2D eigenvalue weighted by molar-refractivity contribution is 7.81. The first-order chi connectivity index (χ1) is 10.1. The Morgan fingerprint density at radius 2 is 1.61 bits per heavy atom. The second-order valence-electron chi connectivity index (χ2n) is 6.16. The van der Waals surface area contributed by atoms with Gasteiger partial charge in [-0.3, -0.25) is 9.59 Å². The van der Waals surface area contributed by atoms with Crippen molar-refractivity contribution in [3.8, 4) is 0 Å². The Morgan fingerprint density at radius 3 is 1.91 bits per heavy atom. The molecule has 0 aromatic rings. The van der Waals surface area contributed by atoms with Crippen molar-refractivity contribution in [2.45, 2.75) is 41.0 Å². The van der Waals surface area contributed by atoms with E-state index in [1.165, 1.54) is 13.8 Å². The quantitative estimate of drug-likeness (QED) is 0.566. The number of rotatable bonds is 3. The molecule has 1 saturated heterocycles. The Morgan fingerprint density at radius 1 is 1.13 bits per heavy atom. The predicted molar refractivity (Wildman–Crippen MR) is 70.3 cm³/mol. The van der Waals surface area contributed by atoms with Crippen LogP contribution in [0.25, 0.3) is 0 Å². The van der Waals surface area contributed by atoms with E-state index in [1.807, 2.05) is 0 Å². The highest BCUT2D eigenvalue weighted by atomic mass is 32.3. The van der Waals surface area contributed by atoms with Gasteiger partial charge in [-0.15, -0.1) is 26.7 Å². The first-order valence-electron chi connectivity index (χ1n) is 6.34. The summed E-state index contributed by atoms with van der Waals surface area (Å²) in [5.41, 5.74) is -0.389. The molecule has 1 aliphatic heterocycles. The van der Waals surface area contributed by atoms with Gasteiger partial charge < -0.3 is 0 Å². The zero-order chi connectivity index (χ0) is 18.4. The molecule has 7 nitrogen and oxygen atoms in total. The zero-order valence-corrected chi connectivity index (χ0v) is 13.8. The van der Waals surface area contributed by atoms with Crippen LogP contribution in [0, 0.1) is 11.3 Å². The van der Waals surface area contributed by atoms with Gasteiger partial charge in [-0.25, -0.2) is 0 Å². The van der Waals surface area contributed by atoms with Crippen molar-refractivity contribution in [1.82, 2.24) is 5.06 Å². The number of carbonyl (C=O) groups is 2. The second kappa shape index (κ2) is 5.87. The maximum atomic E-state index is 12.3. The third-order valence-electron chi connectivity index (χ3n) is 2.92. The molecular formula is C12H16F3NO6S. The van der Waals surface area contributed by atoms with E-state index in [2.05, 4.69) is 8.47 Å². The Labute approximate surface area is 131 Å². The monoisotopic (exact) mass is 359 g/mol. The fourth-order valence-electron chi connectivity index (χ4n) is 2.17. The smallest absolute Gasteiger partial charge is 0.271 e. The van der Waals surface area contributed by atoms with Crippen molar-refractivity contribution in [1.29, 1.82) is 0 Å². The molecule has 2 amide bonds. The molecule has 1 heterocycles. The largest absolute Gasteiger partial charge is 0.538 e. The summed E-state index contributed by atoms with van der Waals surface area (Å²) in [5.74, 6) is -3.27. The van der Waals surface area contributed by atoms with Gasteiger partial charge in [0.1, 0.15) is 0 Å². The maximum Gasteiger partial charge on any atom is 0.538 e. The molecule has 132 valence electrons. The third-order valence-corrected chi connectivity index (χ3v) is 3.64. The highest BCUT2D eigenvalue weighted by Gasteiger charge is 2.52. The molecule has 1 fully saturated rings.